The summed E-state index contributed by atoms with van der Waals surface area (Å²) in [5, 5.41) is 10.1. The number of hydrogen-bond donors (Lipinski definition) is 3. The van der Waals surface area contributed by atoms with E-state index < -0.39 is 0 Å². The van der Waals surface area contributed by atoms with E-state index in [4.69, 9.17) is 0 Å². The Morgan fingerprint density at radius 3 is 2.08 bits per heavy atom. The van der Waals surface area contributed by atoms with Crippen molar-refractivity contribution in [1.82, 2.24) is 10.6 Å². The van der Waals surface area contributed by atoms with Gasteiger partial charge in [-0.1, -0.05) is 6.92 Å². The molecule has 146 valence electrons. The van der Waals surface area contributed by atoms with Gasteiger partial charge in [0, 0.05) is 31.5 Å². The lowest BCUT2D eigenvalue weighted by molar-refractivity contribution is -0.122. The third-order valence-corrected chi connectivity index (χ3v) is 5.76. The molecule has 0 aliphatic carbocycles. The summed E-state index contributed by atoms with van der Waals surface area (Å²) in [4.78, 5) is 15.0. The minimum atomic E-state index is -0.203. The quantitative estimate of drug-likeness (QED) is 0.730. The van der Waals surface area contributed by atoms with Gasteiger partial charge in [-0.05, 0) is 82.3 Å². The van der Waals surface area contributed by atoms with Crippen molar-refractivity contribution < 1.29 is 4.79 Å². The minimum Gasteiger partial charge on any atom is -0.377 e. The smallest absolute Gasteiger partial charge is 0.242 e. The first kappa shape index (κ1) is 20.6. The highest BCUT2D eigenvalue weighted by Crippen LogP contribution is 2.36. The first-order valence-corrected chi connectivity index (χ1v) is 9.83. The van der Waals surface area contributed by atoms with E-state index in [1.807, 2.05) is 0 Å². The van der Waals surface area contributed by atoms with Crippen molar-refractivity contribution in [1.29, 1.82) is 0 Å². The second-order valence-electron chi connectivity index (χ2n) is 7.76. The third-order valence-electron chi connectivity index (χ3n) is 5.76. The van der Waals surface area contributed by atoms with Crippen LogP contribution in [-0.2, 0) is 4.79 Å². The van der Waals surface area contributed by atoms with Crippen molar-refractivity contribution in [3.8, 4) is 0 Å². The van der Waals surface area contributed by atoms with E-state index >= 15 is 0 Å². The minimum absolute atomic E-state index is 0.116. The summed E-state index contributed by atoms with van der Waals surface area (Å²) >= 11 is 0. The van der Waals surface area contributed by atoms with Crippen LogP contribution < -0.4 is 20.9 Å². The molecule has 0 aromatic heterocycles. The number of nitrogens with one attached hydrogen (secondary N) is 3. The highest BCUT2D eigenvalue weighted by Gasteiger charge is 2.24. The fourth-order valence-corrected chi connectivity index (χ4v) is 3.98. The average Bonchev–Trinajstić information content (AvgIpc) is 2.61. The normalized spacial score (nSPS) is 16.3. The highest BCUT2D eigenvalue weighted by molar-refractivity contribution is 5.86. The molecule has 0 spiro atoms. The third kappa shape index (κ3) is 4.32. The van der Waals surface area contributed by atoms with E-state index in [1.165, 1.54) is 27.9 Å². The zero-order chi connectivity index (χ0) is 19.4. The van der Waals surface area contributed by atoms with Gasteiger partial charge in [0.25, 0.3) is 0 Å². The molecule has 5 nitrogen and oxygen atoms in total. The van der Waals surface area contributed by atoms with E-state index in [0.717, 1.165) is 38.0 Å². The molecular formula is C21H36N4O. The average molecular weight is 361 g/mol. The van der Waals surface area contributed by atoms with E-state index in [1.54, 1.807) is 0 Å². The van der Waals surface area contributed by atoms with Gasteiger partial charge in [-0.15, -0.1) is 0 Å². The van der Waals surface area contributed by atoms with Crippen molar-refractivity contribution >= 4 is 17.3 Å². The summed E-state index contributed by atoms with van der Waals surface area (Å²) in [5.74, 6) is 0.116. The molecule has 1 atom stereocenters. The van der Waals surface area contributed by atoms with E-state index in [2.05, 4.69) is 69.6 Å². The predicted octanol–water partition coefficient (Wildman–Crippen LogP) is 3.04. The fraction of sp³-hybridized carbons (Fsp3) is 0.667. The summed E-state index contributed by atoms with van der Waals surface area (Å²) in [7, 11) is 4.17. The molecule has 0 saturated carbocycles. The lowest BCUT2D eigenvalue weighted by Gasteiger charge is -2.29. The maximum absolute atomic E-state index is 12.8. The molecular weight excluding hydrogens is 324 g/mol. The van der Waals surface area contributed by atoms with Crippen LogP contribution in [0.3, 0.4) is 0 Å². The number of rotatable bonds is 6. The zero-order valence-electron chi connectivity index (χ0n) is 17.5. The van der Waals surface area contributed by atoms with Gasteiger partial charge in [-0.25, -0.2) is 0 Å². The summed E-state index contributed by atoms with van der Waals surface area (Å²) < 4.78 is 0. The summed E-state index contributed by atoms with van der Waals surface area (Å²) in [5.41, 5.74) is 7.38. The molecule has 5 heteroatoms. The Morgan fingerprint density at radius 2 is 1.62 bits per heavy atom. The number of carbonyl (C=O) groups excluding carboxylic acids is 1. The Morgan fingerprint density at radius 1 is 1.08 bits per heavy atom. The van der Waals surface area contributed by atoms with Crippen molar-refractivity contribution in [2.24, 2.45) is 0 Å². The van der Waals surface area contributed by atoms with Gasteiger partial charge in [-0.3, -0.25) is 4.79 Å². The molecule has 1 aromatic rings. The predicted molar refractivity (Wildman–Crippen MR) is 111 cm³/mol. The van der Waals surface area contributed by atoms with Gasteiger partial charge < -0.3 is 20.9 Å². The number of piperidine rings is 1. The molecule has 1 aliphatic rings. The van der Waals surface area contributed by atoms with Crippen LogP contribution in [0.5, 0.6) is 0 Å². The fourth-order valence-electron chi connectivity index (χ4n) is 3.98. The molecule has 1 aromatic carbocycles. The zero-order valence-corrected chi connectivity index (χ0v) is 17.5. The summed E-state index contributed by atoms with van der Waals surface area (Å²) in [6.07, 6.45) is 2.79. The molecule has 1 unspecified atom stereocenters. The Bertz CT molecular complexity index is 619. The largest absolute Gasteiger partial charge is 0.377 e. The Hall–Kier alpha value is -1.75. The van der Waals surface area contributed by atoms with Crippen molar-refractivity contribution in [2.75, 3.05) is 37.4 Å². The van der Waals surface area contributed by atoms with Crippen molar-refractivity contribution in [2.45, 2.75) is 66.0 Å². The Kier molecular flexibility index (Phi) is 6.93. The number of benzene rings is 1. The SMILES string of the molecule is CCC(Nc1c(C)c(C)c(N(C)C)c(C)c1C)C(=O)NC1CCNCC1. The van der Waals surface area contributed by atoms with Crippen LogP contribution in [0.15, 0.2) is 0 Å². The summed E-state index contributed by atoms with van der Waals surface area (Å²) in [6, 6.07) is 0.0904. The van der Waals surface area contributed by atoms with Crippen molar-refractivity contribution in [3.63, 3.8) is 0 Å². The molecule has 2 rings (SSSR count). The highest BCUT2D eigenvalue weighted by atomic mass is 16.2. The lowest BCUT2D eigenvalue weighted by atomic mass is 9.94. The molecule has 1 saturated heterocycles. The van der Waals surface area contributed by atoms with Crippen LogP contribution in [-0.4, -0.2) is 45.2 Å². The van der Waals surface area contributed by atoms with Crippen LogP contribution >= 0.6 is 0 Å². The maximum Gasteiger partial charge on any atom is 0.242 e. The van der Waals surface area contributed by atoms with E-state index in [9.17, 15) is 4.79 Å². The van der Waals surface area contributed by atoms with Gasteiger partial charge in [0.05, 0.1) is 0 Å². The Labute approximate surface area is 158 Å². The molecule has 3 N–H and O–H groups in total. The lowest BCUT2D eigenvalue weighted by Crippen LogP contribution is -2.48. The monoisotopic (exact) mass is 360 g/mol. The second kappa shape index (κ2) is 8.76. The standard InChI is InChI=1S/C21H36N4O/c1-8-18(21(26)23-17-9-11-22-12-10-17)24-19-13(2)15(4)20(25(6)7)16(5)14(19)3/h17-18,22,24H,8-12H2,1-7H3,(H,23,26). The number of anilines is 2. The summed E-state index contributed by atoms with van der Waals surface area (Å²) in [6.45, 7) is 12.7. The number of nitrogens with zero attached hydrogens (tertiary/aromatic N) is 1. The molecule has 1 aliphatic heterocycles. The first-order chi connectivity index (χ1) is 12.3. The van der Waals surface area contributed by atoms with Crippen LogP contribution in [0.1, 0.15) is 48.4 Å². The molecule has 1 fully saturated rings. The van der Waals surface area contributed by atoms with Gasteiger partial charge in [0.1, 0.15) is 6.04 Å². The molecule has 0 radical (unpaired) electrons. The number of carbonyl (C=O) groups is 1. The number of amides is 1. The van der Waals surface area contributed by atoms with Gasteiger partial charge >= 0.3 is 0 Å². The van der Waals surface area contributed by atoms with E-state index in [-0.39, 0.29) is 11.9 Å². The van der Waals surface area contributed by atoms with Crippen LogP contribution in [0.4, 0.5) is 11.4 Å². The second-order valence-corrected chi connectivity index (χ2v) is 7.76. The Balaban J connectivity index is 2.23. The molecule has 1 amide bonds. The van der Waals surface area contributed by atoms with Gasteiger partial charge in [0.2, 0.25) is 5.91 Å². The van der Waals surface area contributed by atoms with E-state index in [0.29, 0.717) is 6.04 Å². The topological polar surface area (TPSA) is 56.4 Å². The van der Waals surface area contributed by atoms with Gasteiger partial charge in [-0.2, -0.15) is 0 Å². The van der Waals surface area contributed by atoms with Crippen LogP contribution in [0, 0.1) is 27.7 Å². The molecule has 0 bridgehead atoms. The number of hydrogen-bond acceptors (Lipinski definition) is 4. The molecule has 26 heavy (non-hydrogen) atoms. The van der Waals surface area contributed by atoms with Crippen molar-refractivity contribution in [3.05, 3.63) is 22.3 Å². The maximum atomic E-state index is 12.8. The van der Waals surface area contributed by atoms with Crippen LogP contribution in [0.2, 0.25) is 0 Å². The van der Waals surface area contributed by atoms with Gasteiger partial charge in [0.15, 0.2) is 0 Å². The molecule has 1 heterocycles. The van der Waals surface area contributed by atoms with Crippen LogP contribution in [0.25, 0.3) is 0 Å². The first-order valence-electron chi connectivity index (χ1n) is 9.83.